The molecule has 138 valence electrons. The third-order valence-corrected chi connectivity index (χ3v) is 5.36. The first kappa shape index (κ1) is 17.9. The zero-order chi connectivity index (χ0) is 18.2. The van der Waals surface area contributed by atoms with Crippen LogP contribution in [0.4, 0.5) is 0 Å². The maximum Gasteiger partial charge on any atom is 0.338 e. The molecule has 1 aliphatic heterocycles. The maximum absolute atomic E-state index is 12.7. The molecule has 0 N–H and O–H groups in total. The molecule has 6 nitrogen and oxygen atoms in total. The van der Waals surface area contributed by atoms with Gasteiger partial charge in [-0.2, -0.15) is 0 Å². The lowest BCUT2D eigenvalue weighted by Crippen LogP contribution is -2.65. The molecule has 1 saturated carbocycles. The number of rotatable bonds is 5. The van der Waals surface area contributed by atoms with Crippen molar-refractivity contribution in [1.82, 2.24) is 0 Å². The molecule has 6 heteroatoms. The van der Waals surface area contributed by atoms with Gasteiger partial charge in [0.15, 0.2) is 11.5 Å². The Hall–Kier alpha value is -1.95. The minimum atomic E-state index is -0.388. The van der Waals surface area contributed by atoms with Crippen LogP contribution in [0.2, 0.25) is 0 Å². The van der Waals surface area contributed by atoms with Crippen LogP contribution >= 0.6 is 0 Å². The first-order chi connectivity index (χ1) is 11.9. The van der Waals surface area contributed by atoms with Gasteiger partial charge in [0.25, 0.3) is 0 Å². The number of fused-ring (bicyclic) bond motifs is 1. The number of ether oxygens (including phenoxy) is 5. The molecule has 0 amide bonds. The van der Waals surface area contributed by atoms with Crippen LogP contribution in [0.5, 0.6) is 17.2 Å². The second-order valence-corrected chi connectivity index (χ2v) is 7.16. The summed E-state index contributed by atoms with van der Waals surface area (Å²) in [7, 11) is 4.56. The molecule has 25 heavy (non-hydrogen) atoms. The van der Waals surface area contributed by atoms with Gasteiger partial charge in [-0.3, -0.25) is 0 Å². The molecule has 0 aromatic heterocycles. The molecule has 1 aromatic carbocycles. The molecule has 3 atom stereocenters. The van der Waals surface area contributed by atoms with Gasteiger partial charge < -0.3 is 23.7 Å². The SMILES string of the molecule is COc1cc(C(=O)O[C@@H]2[C@H]3CCCO[C@H]3C2(C)C)cc(OC)c1OC. The van der Waals surface area contributed by atoms with Gasteiger partial charge in [-0.25, -0.2) is 4.79 Å². The van der Waals surface area contributed by atoms with Gasteiger partial charge in [0.2, 0.25) is 5.75 Å². The van der Waals surface area contributed by atoms with E-state index in [2.05, 4.69) is 13.8 Å². The van der Waals surface area contributed by atoms with Crippen molar-refractivity contribution in [2.75, 3.05) is 27.9 Å². The molecule has 1 aliphatic carbocycles. The van der Waals surface area contributed by atoms with Crippen LogP contribution in [0.1, 0.15) is 37.0 Å². The van der Waals surface area contributed by atoms with E-state index in [0.717, 1.165) is 19.4 Å². The zero-order valence-corrected chi connectivity index (χ0v) is 15.5. The fourth-order valence-electron chi connectivity index (χ4n) is 4.10. The van der Waals surface area contributed by atoms with E-state index in [0.29, 0.717) is 22.8 Å². The van der Waals surface area contributed by atoms with E-state index in [9.17, 15) is 4.79 Å². The lowest BCUT2D eigenvalue weighted by atomic mass is 9.57. The van der Waals surface area contributed by atoms with Crippen molar-refractivity contribution in [1.29, 1.82) is 0 Å². The topological polar surface area (TPSA) is 63.2 Å². The Kier molecular flexibility index (Phi) is 4.82. The van der Waals surface area contributed by atoms with Crippen LogP contribution in [-0.2, 0) is 9.47 Å². The third kappa shape index (κ3) is 2.92. The lowest BCUT2D eigenvalue weighted by Gasteiger charge is -2.58. The van der Waals surface area contributed by atoms with Gasteiger partial charge >= 0.3 is 5.97 Å². The Morgan fingerprint density at radius 3 is 2.32 bits per heavy atom. The van der Waals surface area contributed by atoms with Gasteiger partial charge in [-0.1, -0.05) is 13.8 Å². The average molecular weight is 350 g/mol. The van der Waals surface area contributed by atoms with Crippen LogP contribution in [0.15, 0.2) is 12.1 Å². The van der Waals surface area contributed by atoms with Gasteiger partial charge in [0.05, 0.1) is 33.0 Å². The van der Waals surface area contributed by atoms with E-state index >= 15 is 0 Å². The number of carbonyl (C=O) groups is 1. The maximum atomic E-state index is 12.7. The monoisotopic (exact) mass is 350 g/mol. The lowest BCUT2D eigenvalue weighted by molar-refractivity contribution is -0.243. The van der Waals surface area contributed by atoms with Crippen LogP contribution in [-0.4, -0.2) is 46.1 Å². The molecule has 1 saturated heterocycles. The standard InChI is InChI=1S/C19H26O6/c1-19(2)16-12(7-6-8-24-16)17(19)25-18(20)11-9-13(21-3)15(23-5)14(10-11)22-4/h9-10,12,16-17H,6-8H2,1-5H3/t12-,16+,17+/m0/s1. The summed E-state index contributed by atoms with van der Waals surface area (Å²) >= 11 is 0. The minimum absolute atomic E-state index is 0.149. The summed E-state index contributed by atoms with van der Waals surface area (Å²) < 4.78 is 27.6. The normalized spacial score (nSPS) is 26.8. The van der Waals surface area contributed by atoms with Crippen LogP contribution in [0.3, 0.4) is 0 Å². The Morgan fingerprint density at radius 1 is 1.12 bits per heavy atom. The second-order valence-electron chi connectivity index (χ2n) is 7.16. The molecule has 1 heterocycles. The summed E-state index contributed by atoms with van der Waals surface area (Å²) in [4.78, 5) is 12.7. The number of carbonyl (C=O) groups excluding carboxylic acids is 1. The Balaban J connectivity index is 1.82. The summed E-state index contributed by atoms with van der Waals surface area (Å²) in [5, 5.41) is 0. The van der Waals surface area contributed by atoms with E-state index in [1.54, 1.807) is 12.1 Å². The highest BCUT2D eigenvalue weighted by molar-refractivity contribution is 5.91. The summed E-state index contributed by atoms with van der Waals surface area (Å²) in [6.45, 7) is 4.97. The van der Waals surface area contributed by atoms with Crippen molar-refractivity contribution in [2.24, 2.45) is 11.3 Å². The van der Waals surface area contributed by atoms with Crippen LogP contribution in [0.25, 0.3) is 0 Å². The van der Waals surface area contributed by atoms with Gasteiger partial charge in [-0.05, 0) is 25.0 Å². The number of esters is 1. The van der Waals surface area contributed by atoms with Gasteiger partial charge in [0, 0.05) is 17.9 Å². The highest BCUT2D eigenvalue weighted by atomic mass is 16.6. The summed E-state index contributed by atoms with van der Waals surface area (Å²) in [6, 6.07) is 3.23. The van der Waals surface area contributed by atoms with Crippen LogP contribution in [0, 0.1) is 11.3 Å². The average Bonchev–Trinajstić information content (AvgIpc) is 2.64. The minimum Gasteiger partial charge on any atom is -0.493 e. The highest BCUT2D eigenvalue weighted by Crippen LogP contribution is 2.53. The molecule has 0 bridgehead atoms. The number of methoxy groups -OCH3 is 3. The van der Waals surface area contributed by atoms with E-state index in [-0.39, 0.29) is 29.5 Å². The number of hydrogen-bond acceptors (Lipinski definition) is 6. The van der Waals surface area contributed by atoms with Crippen molar-refractivity contribution < 1.29 is 28.5 Å². The largest absolute Gasteiger partial charge is 0.493 e. The quantitative estimate of drug-likeness (QED) is 0.761. The Labute approximate surface area is 148 Å². The van der Waals surface area contributed by atoms with Crippen molar-refractivity contribution in [3.63, 3.8) is 0 Å². The molecule has 0 radical (unpaired) electrons. The van der Waals surface area contributed by atoms with Crippen molar-refractivity contribution in [3.8, 4) is 17.2 Å². The molecule has 2 aliphatic rings. The van der Waals surface area contributed by atoms with E-state index in [1.807, 2.05) is 0 Å². The van der Waals surface area contributed by atoms with E-state index < -0.39 is 0 Å². The van der Waals surface area contributed by atoms with Crippen LogP contribution < -0.4 is 14.2 Å². The van der Waals surface area contributed by atoms with E-state index in [1.165, 1.54) is 21.3 Å². The summed E-state index contributed by atoms with van der Waals surface area (Å²) in [5.41, 5.74) is 0.201. The third-order valence-electron chi connectivity index (χ3n) is 5.36. The smallest absolute Gasteiger partial charge is 0.338 e. The zero-order valence-electron chi connectivity index (χ0n) is 15.5. The summed E-state index contributed by atoms with van der Waals surface area (Å²) in [5.74, 6) is 1.20. The van der Waals surface area contributed by atoms with Crippen molar-refractivity contribution >= 4 is 5.97 Å². The fourth-order valence-corrected chi connectivity index (χ4v) is 4.10. The molecule has 2 fully saturated rings. The molecule has 0 unspecified atom stereocenters. The van der Waals surface area contributed by atoms with Crippen molar-refractivity contribution in [3.05, 3.63) is 17.7 Å². The predicted molar refractivity (Wildman–Crippen MR) is 91.5 cm³/mol. The van der Waals surface area contributed by atoms with Crippen molar-refractivity contribution in [2.45, 2.75) is 38.9 Å². The molecule has 3 rings (SSSR count). The molecule has 1 aromatic rings. The first-order valence-corrected chi connectivity index (χ1v) is 8.56. The van der Waals surface area contributed by atoms with Gasteiger partial charge in [-0.15, -0.1) is 0 Å². The number of benzene rings is 1. The molecule has 0 spiro atoms. The Morgan fingerprint density at radius 2 is 1.76 bits per heavy atom. The molecular weight excluding hydrogens is 324 g/mol. The summed E-state index contributed by atoms with van der Waals surface area (Å²) in [6.07, 6.45) is 2.06. The molecular formula is C19H26O6. The Bertz CT molecular complexity index is 628. The first-order valence-electron chi connectivity index (χ1n) is 8.56. The fraction of sp³-hybridized carbons (Fsp3) is 0.632. The predicted octanol–water partition coefficient (Wildman–Crippen LogP) is 3.07. The van der Waals surface area contributed by atoms with Gasteiger partial charge in [0.1, 0.15) is 6.10 Å². The second kappa shape index (κ2) is 6.75. The van der Waals surface area contributed by atoms with E-state index in [4.69, 9.17) is 23.7 Å². The number of hydrogen-bond donors (Lipinski definition) is 0. The highest BCUT2D eigenvalue weighted by Gasteiger charge is 2.60.